The summed E-state index contributed by atoms with van der Waals surface area (Å²) in [5.41, 5.74) is -0.247. The molecule has 1 amide bonds. The van der Waals surface area contributed by atoms with E-state index < -0.39 is 17.7 Å². The van der Waals surface area contributed by atoms with Gasteiger partial charge in [-0.1, -0.05) is 30.3 Å². The maximum atomic E-state index is 12.7. The summed E-state index contributed by atoms with van der Waals surface area (Å²) in [5.74, 6) is -0.297. The third-order valence-corrected chi connectivity index (χ3v) is 3.36. The zero-order valence-corrected chi connectivity index (χ0v) is 12.6. The molecule has 1 N–H and O–H groups in total. The molecule has 0 fully saturated rings. The molecule has 0 radical (unpaired) electrons. The summed E-state index contributed by atoms with van der Waals surface area (Å²) in [6, 6.07) is 5.01. The highest BCUT2D eigenvalue weighted by atomic mass is 19.4. The summed E-state index contributed by atoms with van der Waals surface area (Å²) in [6.45, 7) is 1.86. The van der Waals surface area contributed by atoms with E-state index >= 15 is 0 Å². The van der Waals surface area contributed by atoms with Gasteiger partial charge in [-0.05, 0) is 18.1 Å². The number of alkyl halides is 3. The Labute approximate surface area is 130 Å². The molecule has 2 rings (SSSR count). The van der Waals surface area contributed by atoms with Crippen LogP contribution >= 0.6 is 0 Å². The Morgan fingerprint density at radius 2 is 2.13 bits per heavy atom. The van der Waals surface area contributed by atoms with Crippen LogP contribution in [0, 0.1) is 5.92 Å². The number of aromatic amines is 1. The highest BCUT2D eigenvalue weighted by Crippen LogP contribution is 2.30. The number of rotatable bonds is 5. The van der Waals surface area contributed by atoms with Gasteiger partial charge in [0.25, 0.3) is 0 Å². The van der Waals surface area contributed by atoms with Crippen molar-refractivity contribution in [3.8, 4) is 0 Å². The van der Waals surface area contributed by atoms with Crippen LogP contribution in [0.4, 0.5) is 13.2 Å². The number of benzene rings is 1. The van der Waals surface area contributed by atoms with Gasteiger partial charge in [-0.25, -0.2) is 0 Å². The van der Waals surface area contributed by atoms with E-state index in [2.05, 4.69) is 20.6 Å². The first kappa shape index (κ1) is 16.9. The first-order chi connectivity index (χ1) is 10.8. The van der Waals surface area contributed by atoms with Gasteiger partial charge in [0.2, 0.25) is 5.91 Å². The Morgan fingerprint density at radius 3 is 2.74 bits per heavy atom. The van der Waals surface area contributed by atoms with Crippen molar-refractivity contribution in [1.82, 2.24) is 25.5 Å². The number of halogens is 3. The van der Waals surface area contributed by atoms with E-state index in [1.165, 1.54) is 11.0 Å². The predicted molar refractivity (Wildman–Crippen MR) is 75.0 cm³/mol. The molecular weight excluding hydrogens is 311 g/mol. The van der Waals surface area contributed by atoms with Gasteiger partial charge in [0.1, 0.15) is 0 Å². The molecule has 0 aliphatic rings. The molecule has 23 heavy (non-hydrogen) atoms. The molecule has 6 nitrogen and oxygen atoms in total. The minimum atomic E-state index is -4.39. The largest absolute Gasteiger partial charge is 0.416 e. The highest BCUT2D eigenvalue weighted by Gasteiger charge is 2.30. The fourth-order valence-corrected chi connectivity index (χ4v) is 2.23. The van der Waals surface area contributed by atoms with E-state index in [1.807, 2.05) is 0 Å². The molecule has 2 aromatic rings. The molecule has 1 heterocycles. The standard InChI is InChI=1S/C14H16F3N5O/c1-9(13(23)22(2)8-12-18-20-21-19-12)6-10-4-3-5-11(7-10)14(15,16)17/h3-5,7,9H,6,8H2,1-2H3,(H,18,19,20,21)/t9-/m1/s1. The van der Waals surface area contributed by atoms with Crippen molar-refractivity contribution in [2.75, 3.05) is 7.05 Å². The van der Waals surface area contributed by atoms with Crippen LogP contribution in [0.15, 0.2) is 24.3 Å². The fraction of sp³-hybridized carbons (Fsp3) is 0.429. The second-order valence-electron chi connectivity index (χ2n) is 5.33. The van der Waals surface area contributed by atoms with Crippen molar-refractivity contribution in [2.24, 2.45) is 5.92 Å². The molecule has 0 aliphatic carbocycles. The van der Waals surface area contributed by atoms with E-state index in [4.69, 9.17) is 0 Å². The van der Waals surface area contributed by atoms with Crippen LogP contribution in [-0.2, 0) is 23.9 Å². The van der Waals surface area contributed by atoms with E-state index in [0.29, 0.717) is 11.4 Å². The first-order valence-electron chi connectivity index (χ1n) is 6.91. The summed E-state index contributed by atoms with van der Waals surface area (Å²) >= 11 is 0. The third-order valence-electron chi connectivity index (χ3n) is 3.36. The number of nitrogens with one attached hydrogen (secondary N) is 1. The molecule has 0 saturated carbocycles. The van der Waals surface area contributed by atoms with Crippen LogP contribution in [0.1, 0.15) is 23.9 Å². The number of H-pyrrole nitrogens is 1. The lowest BCUT2D eigenvalue weighted by atomic mass is 9.98. The van der Waals surface area contributed by atoms with Gasteiger partial charge in [-0.2, -0.15) is 18.4 Å². The number of aromatic nitrogens is 4. The van der Waals surface area contributed by atoms with Crippen LogP contribution in [0.25, 0.3) is 0 Å². The Hall–Kier alpha value is -2.45. The van der Waals surface area contributed by atoms with Gasteiger partial charge in [0.05, 0.1) is 12.1 Å². The number of carbonyl (C=O) groups excluding carboxylic acids is 1. The van der Waals surface area contributed by atoms with Crippen molar-refractivity contribution in [3.05, 3.63) is 41.2 Å². The van der Waals surface area contributed by atoms with Crippen LogP contribution in [0.3, 0.4) is 0 Å². The summed E-state index contributed by atoms with van der Waals surface area (Å²) in [7, 11) is 1.58. The Morgan fingerprint density at radius 1 is 1.39 bits per heavy atom. The quantitative estimate of drug-likeness (QED) is 0.912. The molecule has 0 bridgehead atoms. The number of tetrazole rings is 1. The van der Waals surface area contributed by atoms with Gasteiger partial charge in [-0.3, -0.25) is 4.79 Å². The minimum Gasteiger partial charge on any atom is -0.338 e. The molecule has 0 unspecified atom stereocenters. The van der Waals surface area contributed by atoms with E-state index in [1.54, 1.807) is 20.0 Å². The van der Waals surface area contributed by atoms with Crippen molar-refractivity contribution >= 4 is 5.91 Å². The Kier molecular flexibility index (Phi) is 4.97. The topological polar surface area (TPSA) is 74.8 Å². The average molecular weight is 327 g/mol. The van der Waals surface area contributed by atoms with E-state index in [0.717, 1.165) is 12.1 Å². The lowest BCUT2D eigenvalue weighted by molar-refractivity contribution is -0.137. The monoisotopic (exact) mass is 327 g/mol. The molecule has 0 aliphatic heterocycles. The van der Waals surface area contributed by atoms with Crippen molar-refractivity contribution in [3.63, 3.8) is 0 Å². The second kappa shape index (κ2) is 6.76. The number of nitrogens with zero attached hydrogens (tertiary/aromatic N) is 4. The SMILES string of the molecule is C[C@H](Cc1cccc(C(F)(F)F)c1)C(=O)N(C)Cc1nn[nH]n1. The fourth-order valence-electron chi connectivity index (χ4n) is 2.23. The predicted octanol–water partition coefficient (Wildman–Crippen LogP) is 2.06. The zero-order chi connectivity index (χ0) is 17.0. The van der Waals surface area contributed by atoms with Crippen molar-refractivity contribution in [2.45, 2.75) is 26.1 Å². The second-order valence-corrected chi connectivity index (χ2v) is 5.33. The molecule has 1 aromatic heterocycles. The van der Waals surface area contributed by atoms with Gasteiger partial charge >= 0.3 is 6.18 Å². The molecule has 1 aromatic carbocycles. The normalized spacial score (nSPS) is 12.9. The lowest BCUT2D eigenvalue weighted by Crippen LogP contribution is -2.32. The zero-order valence-electron chi connectivity index (χ0n) is 12.6. The Balaban J connectivity index is 2.00. The molecule has 124 valence electrons. The van der Waals surface area contributed by atoms with Crippen LogP contribution in [0.2, 0.25) is 0 Å². The smallest absolute Gasteiger partial charge is 0.338 e. The van der Waals surface area contributed by atoms with Crippen LogP contribution in [-0.4, -0.2) is 38.5 Å². The maximum absolute atomic E-state index is 12.7. The number of hydrogen-bond acceptors (Lipinski definition) is 4. The van der Waals surface area contributed by atoms with Crippen LogP contribution < -0.4 is 0 Å². The maximum Gasteiger partial charge on any atom is 0.416 e. The number of carbonyl (C=O) groups is 1. The average Bonchev–Trinajstić information content (AvgIpc) is 2.98. The molecule has 0 spiro atoms. The summed E-state index contributed by atoms with van der Waals surface area (Å²) in [6.07, 6.45) is -4.17. The number of amides is 1. The van der Waals surface area contributed by atoms with E-state index in [9.17, 15) is 18.0 Å². The van der Waals surface area contributed by atoms with Gasteiger partial charge in [-0.15, -0.1) is 10.2 Å². The van der Waals surface area contributed by atoms with Crippen molar-refractivity contribution in [1.29, 1.82) is 0 Å². The summed E-state index contributed by atoms with van der Waals surface area (Å²) in [4.78, 5) is 13.7. The van der Waals surface area contributed by atoms with E-state index in [-0.39, 0.29) is 18.9 Å². The van der Waals surface area contributed by atoms with Crippen molar-refractivity contribution < 1.29 is 18.0 Å². The Bertz CT molecular complexity index is 657. The number of hydrogen-bond donors (Lipinski definition) is 1. The first-order valence-corrected chi connectivity index (χ1v) is 6.91. The van der Waals surface area contributed by atoms with Gasteiger partial charge in [0, 0.05) is 13.0 Å². The van der Waals surface area contributed by atoms with Crippen LogP contribution in [0.5, 0.6) is 0 Å². The lowest BCUT2D eigenvalue weighted by Gasteiger charge is -2.20. The molecule has 9 heteroatoms. The molecule has 1 atom stereocenters. The van der Waals surface area contributed by atoms with Gasteiger partial charge < -0.3 is 4.90 Å². The molecular formula is C14H16F3N5O. The molecule has 0 saturated heterocycles. The highest BCUT2D eigenvalue weighted by molar-refractivity contribution is 5.78. The third kappa shape index (κ3) is 4.51. The minimum absolute atomic E-state index is 0.183. The summed E-state index contributed by atoms with van der Waals surface area (Å²) in [5, 5.41) is 13.2. The van der Waals surface area contributed by atoms with Gasteiger partial charge in [0.15, 0.2) is 5.82 Å². The summed E-state index contributed by atoms with van der Waals surface area (Å²) < 4.78 is 38.1.